The van der Waals surface area contributed by atoms with Crippen molar-refractivity contribution < 1.29 is 9.59 Å². The molecule has 0 bridgehead atoms. The third-order valence-electron chi connectivity index (χ3n) is 3.61. The Morgan fingerprint density at radius 1 is 1.32 bits per heavy atom. The first-order valence-electron chi connectivity index (χ1n) is 6.48. The Labute approximate surface area is 111 Å². The molecule has 1 aliphatic heterocycles. The summed E-state index contributed by atoms with van der Waals surface area (Å²) in [7, 11) is 3.36. The maximum Gasteiger partial charge on any atom is 0.275 e. The Kier molecular flexibility index (Phi) is 2.76. The van der Waals surface area contributed by atoms with Crippen molar-refractivity contribution in [2.75, 3.05) is 27.2 Å². The molecule has 0 N–H and O–H groups in total. The molecule has 0 unspecified atom stereocenters. The van der Waals surface area contributed by atoms with Crippen LogP contribution in [0.1, 0.15) is 29.4 Å². The van der Waals surface area contributed by atoms with E-state index in [1.54, 1.807) is 25.0 Å². The Morgan fingerprint density at radius 2 is 2.00 bits per heavy atom. The lowest BCUT2D eigenvalue weighted by atomic mass is 10.1. The van der Waals surface area contributed by atoms with Crippen LogP contribution < -0.4 is 0 Å². The van der Waals surface area contributed by atoms with Gasteiger partial charge in [0.15, 0.2) is 5.69 Å². The van der Waals surface area contributed by atoms with Crippen LogP contribution in [0.15, 0.2) is 6.20 Å². The van der Waals surface area contributed by atoms with Gasteiger partial charge < -0.3 is 9.80 Å². The fourth-order valence-corrected chi connectivity index (χ4v) is 2.17. The normalized spacial score (nSPS) is 19.2. The van der Waals surface area contributed by atoms with Crippen molar-refractivity contribution in [3.63, 3.8) is 0 Å². The minimum atomic E-state index is -0.156. The molecule has 2 amide bonds. The van der Waals surface area contributed by atoms with E-state index in [0.29, 0.717) is 18.8 Å². The smallest absolute Gasteiger partial charge is 0.275 e. The summed E-state index contributed by atoms with van der Waals surface area (Å²) < 4.78 is 1.69. The highest BCUT2D eigenvalue weighted by molar-refractivity contribution is 5.91. The van der Waals surface area contributed by atoms with Crippen LogP contribution >= 0.6 is 0 Å². The van der Waals surface area contributed by atoms with E-state index in [1.807, 2.05) is 4.90 Å². The number of nitrogens with zero attached hydrogens (tertiary/aromatic N) is 5. The van der Waals surface area contributed by atoms with Gasteiger partial charge in [-0.3, -0.25) is 9.59 Å². The number of hydrogen-bond donors (Lipinski definition) is 0. The zero-order valence-electron chi connectivity index (χ0n) is 11.1. The average molecular weight is 263 g/mol. The number of amides is 2. The minimum Gasteiger partial charge on any atom is -0.343 e. The van der Waals surface area contributed by atoms with Gasteiger partial charge in [-0.05, 0) is 12.8 Å². The molecule has 2 aliphatic rings. The van der Waals surface area contributed by atoms with E-state index in [-0.39, 0.29) is 23.8 Å². The first-order valence-corrected chi connectivity index (χ1v) is 6.48. The zero-order chi connectivity index (χ0) is 13.6. The van der Waals surface area contributed by atoms with Crippen LogP contribution in [0, 0.1) is 5.92 Å². The van der Waals surface area contributed by atoms with E-state index < -0.39 is 0 Å². The van der Waals surface area contributed by atoms with Gasteiger partial charge in [-0.15, -0.1) is 5.10 Å². The number of hydrogen-bond acceptors (Lipinski definition) is 4. The van der Waals surface area contributed by atoms with Gasteiger partial charge in [-0.2, -0.15) is 0 Å². The highest BCUT2D eigenvalue weighted by Crippen LogP contribution is 2.34. The lowest BCUT2D eigenvalue weighted by Crippen LogP contribution is -2.51. The Morgan fingerprint density at radius 3 is 2.58 bits per heavy atom. The van der Waals surface area contributed by atoms with Crippen molar-refractivity contribution in [2.24, 2.45) is 5.92 Å². The van der Waals surface area contributed by atoms with Crippen LogP contribution in [0.25, 0.3) is 0 Å². The zero-order valence-corrected chi connectivity index (χ0v) is 11.1. The summed E-state index contributed by atoms with van der Waals surface area (Å²) in [6.45, 7) is 1.35. The average Bonchev–Trinajstić information content (AvgIpc) is 3.06. The third kappa shape index (κ3) is 2.20. The second-order valence-electron chi connectivity index (χ2n) is 5.45. The van der Waals surface area contributed by atoms with Crippen molar-refractivity contribution in [1.82, 2.24) is 24.8 Å². The van der Waals surface area contributed by atoms with Crippen LogP contribution in [-0.2, 0) is 4.79 Å². The topological polar surface area (TPSA) is 71.3 Å². The summed E-state index contributed by atoms with van der Waals surface area (Å²) in [6.07, 6.45) is 3.72. The van der Waals surface area contributed by atoms with Crippen LogP contribution in [0.2, 0.25) is 0 Å². The predicted octanol–water partition coefficient (Wildman–Crippen LogP) is -0.227. The summed E-state index contributed by atoms with van der Waals surface area (Å²) in [5.41, 5.74) is 0.344. The van der Waals surface area contributed by atoms with Crippen molar-refractivity contribution in [3.05, 3.63) is 11.9 Å². The number of likely N-dealkylation sites (tertiary alicyclic amines) is 1. The van der Waals surface area contributed by atoms with E-state index in [2.05, 4.69) is 10.3 Å². The predicted molar refractivity (Wildman–Crippen MR) is 66.4 cm³/mol. The van der Waals surface area contributed by atoms with Gasteiger partial charge in [0.25, 0.3) is 5.91 Å². The fraction of sp³-hybridized carbons (Fsp3) is 0.667. The molecule has 7 nitrogen and oxygen atoms in total. The van der Waals surface area contributed by atoms with Crippen LogP contribution in [0.3, 0.4) is 0 Å². The fourth-order valence-electron chi connectivity index (χ4n) is 2.17. The monoisotopic (exact) mass is 263 g/mol. The molecular formula is C12H17N5O2. The highest BCUT2D eigenvalue weighted by atomic mass is 16.2. The molecular weight excluding hydrogens is 246 g/mol. The van der Waals surface area contributed by atoms with E-state index in [9.17, 15) is 9.59 Å². The second kappa shape index (κ2) is 4.32. The molecule has 0 spiro atoms. The molecule has 1 aromatic rings. The standard InChI is InChI=1S/C12H17N5O2/c1-15(2)12(19)10-7-17(14-13-10)9-5-16(6-9)11(18)8-3-4-8/h7-9H,3-6H2,1-2H3. The molecule has 19 heavy (non-hydrogen) atoms. The molecule has 1 saturated heterocycles. The van der Waals surface area contributed by atoms with E-state index >= 15 is 0 Å². The van der Waals surface area contributed by atoms with Crippen molar-refractivity contribution in [1.29, 1.82) is 0 Å². The van der Waals surface area contributed by atoms with Gasteiger partial charge in [0, 0.05) is 33.1 Å². The lowest BCUT2D eigenvalue weighted by Gasteiger charge is -2.39. The van der Waals surface area contributed by atoms with Crippen molar-refractivity contribution >= 4 is 11.8 Å². The molecule has 0 radical (unpaired) electrons. The summed E-state index contributed by atoms with van der Waals surface area (Å²) in [4.78, 5) is 26.8. The largest absolute Gasteiger partial charge is 0.343 e. The van der Waals surface area contributed by atoms with Crippen molar-refractivity contribution in [3.8, 4) is 0 Å². The van der Waals surface area contributed by atoms with Crippen LogP contribution in [-0.4, -0.2) is 63.8 Å². The number of aromatic nitrogens is 3. The van der Waals surface area contributed by atoms with Crippen molar-refractivity contribution in [2.45, 2.75) is 18.9 Å². The summed E-state index contributed by atoms with van der Waals surface area (Å²) >= 11 is 0. The minimum absolute atomic E-state index is 0.152. The molecule has 1 saturated carbocycles. The molecule has 102 valence electrons. The lowest BCUT2D eigenvalue weighted by molar-refractivity contribution is -0.138. The van der Waals surface area contributed by atoms with Gasteiger partial charge >= 0.3 is 0 Å². The second-order valence-corrected chi connectivity index (χ2v) is 5.45. The SMILES string of the molecule is CN(C)C(=O)c1cn(C2CN(C(=O)C3CC3)C2)nn1. The number of carbonyl (C=O) groups is 2. The Hall–Kier alpha value is -1.92. The van der Waals surface area contributed by atoms with Gasteiger partial charge in [0.1, 0.15) is 0 Å². The molecule has 2 heterocycles. The third-order valence-corrected chi connectivity index (χ3v) is 3.61. The quantitative estimate of drug-likeness (QED) is 0.755. The molecule has 0 aromatic carbocycles. The molecule has 3 rings (SSSR count). The summed E-state index contributed by atoms with van der Waals surface area (Å²) in [5, 5.41) is 7.85. The highest BCUT2D eigenvalue weighted by Gasteiger charge is 2.40. The van der Waals surface area contributed by atoms with E-state index in [0.717, 1.165) is 12.8 Å². The molecule has 7 heteroatoms. The summed E-state index contributed by atoms with van der Waals surface area (Å²) in [5.74, 6) is 0.375. The maximum atomic E-state index is 11.8. The van der Waals surface area contributed by atoms with Gasteiger partial charge in [-0.1, -0.05) is 5.21 Å². The first-order chi connectivity index (χ1) is 9.06. The van der Waals surface area contributed by atoms with E-state index in [4.69, 9.17) is 0 Å². The summed E-state index contributed by atoms with van der Waals surface area (Å²) in [6, 6.07) is 0.152. The molecule has 0 atom stereocenters. The molecule has 2 fully saturated rings. The van der Waals surface area contributed by atoms with Gasteiger partial charge in [-0.25, -0.2) is 4.68 Å². The molecule has 1 aromatic heterocycles. The Bertz CT molecular complexity index is 514. The first kappa shape index (κ1) is 12.1. The maximum absolute atomic E-state index is 11.8. The Balaban J connectivity index is 1.59. The number of rotatable bonds is 3. The van der Waals surface area contributed by atoms with Gasteiger partial charge in [0.2, 0.25) is 5.91 Å². The van der Waals surface area contributed by atoms with Crippen LogP contribution in [0.5, 0.6) is 0 Å². The van der Waals surface area contributed by atoms with Gasteiger partial charge in [0.05, 0.1) is 12.2 Å². The number of carbonyl (C=O) groups excluding carboxylic acids is 2. The van der Waals surface area contributed by atoms with E-state index in [1.165, 1.54) is 4.90 Å². The molecule has 1 aliphatic carbocycles. The van der Waals surface area contributed by atoms with Crippen LogP contribution in [0.4, 0.5) is 0 Å².